The number of ether oxygens (including phenoxy) is 1. The van der Waals surface area contributed by atoms with Crippen LogP contribution in [0.15, 0.2) is 35.4 Å². The summed E-state index contributed by atoms with van der Waals surface area (Å²) in [6, 6.07) is 6.47. The van der Waals surface area contributed by atoms with Crippen LogP contribution in [0.5, 0.6) is 0 Å². The van der Waals surface area contributed by atoms with Crippen LogP contribution in [0, 0.1) is 68.0 Å². The van der Waals surface area contributed by atoms with Gasteiger partial charge in [-0.3, -0.25) is 24.0 Å². The van der Waals surface area contributed by atoms with Gasteiger partial charge in [-0.2, -0.15) is 0 Å². The number of aliphatic hydroxyl groups excluding tert-OH is 1. The minimum absolute atomic E-state index is 0.00382. The molecule has 0 saturated heterocycles. The number of nitrogens with two attached hydrogens (primary N) is 1. The van der Waals surface area contributed by atoms with Crippen molar-refractivity contribution in [2.24, 2.45) is 73.7 Å². The van der Waals surface area contributed by atoms with Crippen LogP contribution in [0.3, 0.4) is 0 Å². The second kappa shape index (κ2) is 16.8. The van der Waals surface area contributed by atoms with E-state index in [2.05, 4.69) is 59.1 Å². The quantitative estimate of drug-likeness (QED) is 0.121. The predicted octanol–water partition coefficient (Wildman–Crippen LogP) is 8.68. The second-order valence-electron chi connectivity index (χ2n) is 23.5. The van der Waals surface area contributed by atoms with Crippen LogP contribution >= 0.6 is 11.6 Å². The van der Waals surface area contributed by atoms with Crippen molar-refractivity contribution in [3.8, 4) is 0 Å². The number of aliphatic carboxylic acids is 1. The van der Waals surface area contributed by atoms with E-state index in [1.54, 1.807) is 31.2 Å². The van der Waals surface area contributed by atoms with Crippen molar-refractivity contribution in [1.82, 2.24) is 10.6 Å². The molecule has 0 aliphatic heterocycles. The van der Waals surface area contributed by atoms with E-state index >= 15 is 0 Å². The molecule has 354 valence electrons. The van der Waals surface area contributed by atoms with Gasteiger partial charge in [0.2, 0.25) is 5.91 Å². The molecule has 12 atom stereocenters. The van der Waals surface area contributed by atoms with E-state index in [1.807, 2.05) is 13.8 Å². The van der Waals surface area contributed by atoms with E-state index in [0.29, 0.717) is 54.6 Å². The van der Waals surface area contributed by atoms with Crippen molar-refractivity contribution in [3.05, 3.63) is 46.0 Å². The summed E-state index contributed by atoms with van der Waals surface area (Å²) in [6.45, 7) is 21.9. The Kier molecular flexibility index (Phi) is 12.8. The lowest BCUT2D eigenvalue weighted by Gasteiger charge is -2.72. The van der Waals surface area contributed by atoms with E-state index < -0.39 is 52.1 Å². The molecule has 1 aromatic carbocycles. The average molecular weight is 907 g/mol. The number of Topliss-reactive ketones (excluding diaryl/α,β-unsaturated/α-hetero) is 1. The van der Waals surface area contributed by atoms with Crippen LogP contribution in [0.2, 0.25) is 5.02 Å². The van der Waals surface area contributed by atoms with Gasteiger partial charge in [0.15, 0.2) is 5.78 Å². The molecule has 12 heteroatoms. The Morgan fingerprint density at radius 3 is 2.17 bits per heavy atom. The molecule has 0 heterocycles. The summed E-state index contributed by atoms with van der Waals surface area (Å²) in [4.78, 5) is 67.3. The molecule has 64 heavy (non-hydrogen) atoms. The van der Waals surface area contributed by atoms with Gasteiger partial charge in [-0.05, 0) is 159 Å². The summed E-state index contributed by atoms with van der Waals surface area (Å²) < 4.78 is 6.42. The number of benzene rings is 1. The molecule has 2 amide bonds. The van der Waals surface area contributed by atoms with Gasteiger partial charge in [-0.25, -0.2) is 0 Å². The zero-order chi connectivity index (χ0) is 47.2. The Bertz CT molecular complexity index is 2080. The van der Waals surface area contributed by atoms with Crippen LogP contribution < -0.4 is 16.4 Å². The number of carboxylic acids is 1. The SMILES string of the molecule is CC(C)C1=C2[C@H]3CC[C@@H]4[C@@]5(C)CC[C@H](OC(=O)[C@H]6C[C@@H](C(=O)O)C6(C)C)C(C)(C)[C@@H]5CC[C@@]4(C)[C@]3(C)CC[C@@]2([C@@H](O)CNC(=O)C(C)(CCCN)NC(=O)c2ccc(Cl)cc2)CC1=O. The molecule has 0 radical (unpaired) electrons. The number of rotatable bonds is 13. The van der Waals surface area contributed by atoms with E-state index in [4.69, 9.17) is 22.1 Å². The van der Waals surface area contributed by atoms with E-state index in [9.17, 15) is 34.2 Å². The van der Waals surface area contributed by atoms with Gasteiger partial charge in [-0.15, -0.1) is 0 Å². The van der Waals surface area contributed by atoms with Crippen molar-refractivity contribution in [2.75, 3.05) is 13.1 Å². The number of ketones is 1. The van der Waals surface area contributed by atoms with Crippen molar-refractivity contribution >= 4 is 41.1 Å². The zero-order valence-corrected chi connectivity index (χ0v) is 40.9. The van der Waals surface area contributed by atoms with Crippen molar-refractivity contribution in [3.63, 3.8) is 0 Å². The lowest BCUT2D eigenvalue weighted by molar-refractivity contribution is -0.238. The molecule has 7 rings (SSSR count). The first-order valence-corrected chi connectivity index (χ1v) is 24.6. The van der Waals surface area contributed by atoms with Crippen molar-refractivity contribution in [1.29, 1.82) is 0 Å². The van der Waals surface area contributed by atoms with E-state index in [1.165, 1.54) is 0 Å². The smallest absolute Gasteiger partial charge is 0.309 e. The number of carbonyl (C=O) groups is 5. The molecular weight excluding hydrogens is 830 g/mol. The summed E-state index contributed by atoms with van der Waals surface area (Å²) in [5.74, 6) is -2.00. The van der Waals surface area contributed by atoms with Gasteiger partial charge in [0.05, 0.1) is 17.9 Å². The number of aliphatic hydroxyl groups is 1. The largest absolute Gasteiger partial charge is 0.481 e. The van der Waals surface area contributed by atoms with Crippen LogP contribution in [0.25, 0.3) is 0 Å². The molecule has 0 aromatic heterocycles. The fourth-order valence-electron chi connectivity index (χ4n) is 15.4. The Morgan fingerprint density at radius 2 is 1.56 bits per heavy atom. The third-order valence-electron chi connectivity index (χ3n) is 19.5. The maximum atomic E-state index is 14.3. The van der Waals surface area contributed by atoms with Crippen LogP contribution in [0.4, 0.5) is 0 Å². The van der Waals surface area contributed by atoms with Gasteiger partial charge >= 0.3 is 11.9 Å². The van der Waals surface area contributed by atoms with Crippen molar-refractivity contribution in [2.45, 2.75) is 164 Å². The Labute approximate surface area is 386 Å². The first-order chi connectivity index (χ1) is 29.7. The molecule has 1 aromatic rings. The molecule has 6 N–H and O–H groups in total. The van der Waals surface area contributed by atoms with Gasteiger partial charge in [0.25, 0.3) is 5.91 Å². The molecule has 0 bridgehead atoms. The molecule has 5 fully saturated rings. The lowest BCUT2D eigenvalue weighted by atomic mass is 9.33. The number of amides is 2. The molecule has 6 aliphatic carbocycles. The highest BCUT2D eigenvalue weighted by Crippen LogP contribution is 2.77. The fraction of sp³-hybridized carbons (Fsp3) is 0.750. The van der Waals surface area contributed by atoms with E-state index in [0.717, 1.165) is 56.1 Å². The minimum atomic E-state index is -1.30. The summed E-state index contributed by atoms with van der Waals surface area (Å²) in [5, 5.41) is 28.6. The van der Waals surface area contributed by atoms with Crippen LogP contribution in [-0.4, -0.2) is 70.6 Å². The summed E-state index contributed by atoms with van der Waals surface area (Å²) in [7, 11) is 0. The van der Waals surface area contributed by atoms with E-state index in [-0.39, 0.29) is 64.3 Å². The Hall–Kier alpha value is -3.28. The molecule has 11 nitrogen and oxygen atoms in total. The van der Waals surface area contributed by atoms with Crippen LogP contribution in [0.1, 0.15) is 157 Å². The average Bonchev–Trinajstić information content (AvgIpc) is 3.53. The topological polar surface area (TPSA) is 185 Å². The molecule has 1 unspecified atom stereocenters. The lowest BCUT2D eigenvalue weighted by Crippen LogP contribution is -2.66. The van der Waals surface area contributed by atoms with Crippen LogP contribution in [-0.2, 0) is 23.9 Å². The highest BCUT2D eigenvalue weighted by atomic mass is 35.5. The number of esters is 1. The number of carboxylic acid groups (broad SMARTS) is 1. The van der Waals surface area contributed by atoms with Gasteiger partial charge in [0, 0.05) is 34.4 Å². The second-order valence-corrected chi connectivity index (χ2v) is 24.0. The molecule has 6 aliphatic rings. The molecular formula is C52H76ClN3O8. The number of hydrogen-bond donors (Lipinski definition) is 5. The molecule has 5 saturated carbocycles. The number of nitrogens with one attached hydrogen (secondary N) is 2. The highest BCUT2D eigenvalue weighted by Gasteiger charge is 2.71. The Balaban J connectivity index is 1.11. The third kappa shape index (κ3) is 7.48. The monoisotopic (exact) mass is 906 g/mol. The molecule has 0 spiro atoms. The summed E-state index contributed by atoms with van der Waals surface area (Å²) >= 11 is 6.06. The third-order valence-corrected chi connectivity index (χ3v) is 19.8. The number of hydrogen-bond acceptors (Lipinski definition) is 8. The van der Waals surface area contributed by atoms with Gasteiger partial charge < -0.3 is 31.3 Å². The number of allylic oxidation sites excluding steroid dienone is 1. The number of fused-ring (bicyclic) bond motifs is 7. The normalized spacial score (nSPS) is 37.4. The standard InChI is InChI=1S/C52H76ClN3O8/c1-29(2)40-35(57)27-52(38(58)28-55-45(63)51(10,20-11-25-54)56-42(59)30-12-14-31(53)15-13-30)24-23-49(8)32(41(40)52)16-17-37-48(7)21-19-39(47(5,6)36(48)18-22-50(37,49)9)64-44(62)34-26-33(43(60)61)46(34,3)4/h12-15,29,32-34,36-39,58H,11,16-28,54H2,1-10H3,(H,55,63)(H,56,59)(H,60,61)/t32-,33+,34-,36+,37-,38+,39+,48+,49-,50-,51?,52+/m1/s1. The first kappa shape index (κ1) is 48.6. The highest BCUT2D eigenvalue weighted by molar-refractivity contribution is 6.30. The van der Waals surface area contributed by atoms with Crippen molar-refractivity contribution < 1.29 is 38.9 Å². The summed E-state index contributed by atoms with van der Waals surface area (Å²) in [5.41, 5.74) is 5.00. The maximum Gasteiger partial charge on any atom is 0.309 e. The van der Waals surface area contributed by atoms with Gasteiger partial charge in [0.1, 0.15) is 11.6 Å². The number of halogens is 1. The fourth-order valence-corrected chi connectivity index (χ4v) is 15.6. The van der Waals surface area contributed by atoms with Gasteiger partial charge in [-0.1, -0.05) is 79.5 Å². The Morgan fingerprint density at radius 1 is 0.891 bits per heavy atom. The first-order valence-electron chi connectivity index (χ1n) is 24.2. The minimum Gasteiger partial charge on any atom is -0.481 e. The predicted molar refractivity (Wildman–Crippen MR) is 247 cm³/mol. The zero-order valence-electron chi connectivity index (χ0n) is 40.1. The number of carbonyl (C=O) groups excluding carboxylic acids is 4. The maximum absolute atomic E-state index is 14.3. The summed E-state index contributed by atoms with van der Waals surface area (Å²) in [6.07, 6.45) is 7.19.